The molecule has 1 N–H and O–H groups in total. The predicted molar refractivity (Wildman–Crippen MR) is 107 cm³/mol. The van der Waals surface area contributed by atoms with E-state index in [1.165, 1.54) is 0 Å². The summed E-state index contributed by atoms with van der Waals surface area (Å²) in [6.45, 7) is 6.54. The standard InChI is InChI=1S/C23H25NO4/c1-14-10-18(23(27)28)13-24(12-14)22(26)20-7-5-4-6-19(20)21(25)17-9-8-15(2)16(3)11-17/h4-9,11,14,18H,10,12-13H2,1-3H3,(H,27,28). The molecule has 0 spiro atoms. The summed E-state index contributed by atoms with van der Waals surface area (Å²) in [4.78, 5) is 39.3. The van der Waals surface area contributed by atoms with Gasteiger partial charge in [-0.3, -0.25) is 14.4 Å². The molecule has 0 aliphatic carbocycles. The molecule has 3 rings (SSSR count). The number of aliphatic carboxylic acids is 1. The van der Waals surface area contributed by atoms with Gasteiger partial charge in [-0.2, -0.15) is 0 Å². The fourth-order valence-corrected chi connectivity index (χ4v) is 3.77. The zero-order chi connectivity index (χ0) is 20.4. The van der Waals surface area contributed by atoms with E-state index in [-0.39, 0.29) is 24.2 Å². The van der Waals surface area contributed by atoms with Crippen LogP contribution in [0.5, 0.6) is 0 Å². The van der Waals surface area contributed by atoms with E-state index < -0.39 is 11.9 Å². The minimum Gasteiger partial charge on any atom is -0.481 e. The van der Waals surface area contributed by atoms with Crippen LogP contribution in [0.1, 0.15) is 50.8 Å². The van der Waals surface area contributed by atoms with Crippen LogP contribution >= 0.6 is 0 Å². The number of likely N-dealkylation sites (tertiary alicyclic amines) is 1. The molecule has 1 aliphatic heterocycles. The average molecular weight is 379 g/mol. The number of benzene rings is 2. The van der Waals surface area contributed by atoms with Gasteiger partial charge in [-0.05, 0) is 49.4 Å². The molecule has 0 bridgehead atoms. The van der Waals surface area contributed by atoms with Gasteiger partial charge in [0.15, 0.2) is 5.78 Å². The lowest BCUT2D eigenvalue weighted by atomic mass is 9.89. The number of carboxylic acid groups (broad SMARTS) is 1. The molecule has 2 aromatic rings. The van der Waals surface area contributed by atoms with E-state index in [2.05, 4.69) is 0 Å². The number of nitrogens with zero attached hydrogens (tertiary/aromatic N) is 1. The number of carbonyl (C=O) groups is 3. The molecule has 28 heavy (non-hydrogen) atoms. The molecule has 2 unspecified atom stereocenters. The third kappa shape index (κ3) is 3.98. The molecule has 1 amide bonds. The molecule has 5 nitrogen and oxygen atoms in total. The highest BCUT2D eigenvalue weighted by Gasteiger charge is 2.33. The summed E-state index contributed by atoms with van der Waals surface area (Å²) in [5.74, 6) is -1.85. The lowest BCUT2D eigenvalue weighted by Gasteiger charge is -2.35. The van der Waals surface area contributed by atoms with Gasteiger partial charge in [0.25, 0.3) is 5.91 Å². The van der Waals surface area contributed by atoms with Crippen molar-refractivity contribution < 1.29 is 19.5 Å². The Morgan fingerprint density at radius 3 is 2.29 bits per heavy atom. The summed E-state index contributed by atoms with van der Waals surface area (Å²) >= 11 is 0. The first-order valence-corrected chi connectivity index (χ1v) is 9.51. The van der Waals surface area contributed by atoms with E-state index in [1.807, 2.05) is 32.9 Å². The van der Waals surface area contributed by atoms with Crippen LogP contribution in [-0.2, 0) is 4.79 Å². The number of amides is 1. The second-order valence-electron chi connectivity index (χ2n) is 7.76. The average Bonchev–Trinajstić information content (AvgIpc) is 2.68. The lowest BCUT2D eigenvalue weighted by molar-refractivity contribution is -0.143. The summed E-state index contributed by atoms with van der Waals surface area (Å²) < 4.78 is 0. The van der Waals surface area contributed by atoms with Crippen molar-refractivity contribution in [3.8, 4) is 0 Å². The van der Waals surface area contributed by atoms with Gasteiger partial charge in [-0.25, -0.2) is 0 Å². The lowest BCUT2D eigenvalue weighted by Crippen LogP contribution is -2.45. The van der Waals surface area contributed by atoms with Gasteiger partial charge in [0.05, 0.1) is 11.5 Å². The Morgan fingerprint density at radius 2 is 1.64 bits per heavy atom. The normalized spacial score (nSPS) is 19.3. The van der Waals surface area contributed by atoms with Gasteiger partial charge in [-0.15, -0.1) is 0 Å². The Kier molecular flexibility index (Phi) is 5.63. The molecule has 0 aromatic heterocycles. The third-order valence-corrected chi connectivity index (χ3v) is 5.47. The maximum absolute atomic E-state index is 13.2. The minimum absolute atomic E-state index is 0.0985. The van der Waals surface area contributed by atoms with Crippen LogP contribution in [0.3, 0.4) is 0 Å². The quantitative estimate of drug-likeness (QED) is 0.822. The molecule has 146 valence electrons. The second kappa shape index (κ2) is 7.97. The number of carbonyl (C=O) groups excluding carboxylic acids is 2. The van der Waals surface area contributed by atoms with Gasteiger partial charge in [0.1, 0.15) is 0 Å². The van der Waals surface area contributed by atoms with Gasteiger partial charge in [0, 0.05) is 24.2 Å². The smallest absolute Gasteiger partial charge is 0.308 e. The number of ketones is 1. The molecule has 1 heterocycles. The Bertz CT molecular complexity index is 934. The van der Waals surface area contributed by atoms with E-state index in [9.17, 15) is 19.5 Å². The Balaban J connectivity index is 1.93. The number of rotatable bonds is 4. The van der Waals surface area contributed by atoms with Crippen LogP contribution in [0, 0.1) is 25.7 Å². The molecule has 2 atom stereocenters. The van der Waals surface area contributed by atoms with Crippen LogP contribution in [0.2, 0.25) is 0 Å². The molecule has 1 aliphatic rings. The summed E-state index contributed by atoms with van der Waals surface area (Å²) in [5.41, 5.74) is 3.33. The summed E-state index contributed by atoms with van der Waals surface area (Å²) in [6.07, 6.45) is 0.558. The molecule has 0 radical (unpaired) electrons. The van der Waals surface area contributed by atoms with Crippen LogP contribution in [0.15, 0.2) is 42.5 Å². The number of hydrogen-bond donors (Lipinski definition) is 1. The highest BCUT2D eigenvalue weighted by Crippen LogP contribution is 2.25. The number of carboxylic acids is 1. The zero-order valence-corrected chi connectivity index (χ0v) is 16.4. The summed E-state index contributed by atoms with van der Waals surface area (Å²) in [7, 11) is 0. The minimum atomic E-state index is -0.885. The van der Waals surface area contributed by atoms with E-state index in [1.54, 1.807) is 35.2 Å². The number of aryl methyl sites for hydroxylation is 2. The van der Waals surface area contributed by atoms with Crippen molar-refractivity contribution >= 4 is 17.7 Å². The third-order valence-electron chi connectivity index (χ3n) is 5.47. The van der Waals surface area contributed by atoms with E-state index in [0.29, 0.717) is 29.7 Å². The molecule has 1 saturated heterocycles. The first kappa shape index (κ1) is 19.8. The highest BCUT2D eigenvalue weighted by molar-refractivity contribution is 6.15. The zero-order valence-electron chi connectivity index (χ0n) is 16.4. The Morgan fingerprint density at radius 1 is 0.964 bits per heavy atom. The second-order valence-corrected chi connectivity index (χ2v) is 7.76. The largest absolute Gasteiger partial charge is 0.481 e. The van der Waals surface area contributed by atoms with Crippen molar-refractivity contribution in [3.63, 3.8) is 0 Å². The van der Waals surface area contributed by atoms with Crippen LogP contribution in [0.25, 0.3) is 0 Å². The predicted octanol–water partition coefficient (Wildman–Crippen LogP) is 3.72. The van der Waals surface area contributed by atoms with Crippen LogP contribution < -0.4 is 0 Å². The van der Waals surface area contributed by atoms with Crippen LogP contribution in [-0.4, -0.2) is 40.8 Å². The maximum Gasteiger partial charge on any atom is 0.308 e. The van der Waals surface area contributed by atoms with Crippen molar-refractivity contribution in [1.82, 2.24) is 4.90 Å². The Hall–Kier alpha value is -2.95. The fraction of sp³-hybridized carbons (Fsp3) is 0.348. The first-order valence-electron chi connectivity index (χ1n) is 9.51. The number of piperidine rings is 1. The van der Waals surface area contributed by atoms with Crippen LogP contribution in [0.4, 0.5) is 0 Å². The molecule has 1 fully saturated rings. The SMILES string of the molecule is Cc1ccc(C(=O)c2ccccc2C(=O)N2CC(C)CC(C(=O)O)C2)cc1C. The highest BCUT2D eigenvalue weighted by atomic mass is 16.4. The Labute approximate surface area is 165 Å². The fourth-order valence-electron chi connectivity index (χ4n) is 3.77. The van der Waals surface area contributed by atoms with Crippen molar-refractivity contribution in [1.29, 1.82) is 0 Å². The van der Waals surface area contributed by atoms with Crippen molar-refractivity contribution in [3.05, 3.63) is 70.3 Å². The van der Waals surface area contributed by atoms with Crippen molar-refractivity contribution in [2.45, 2.75) is 27.2 Å². The number of hydrogen-bond acceptors (Lipinski definition) is 3. The maximum atomic E-state index is 13.2. The molecule has 0 saturated carbocycles. The van der Waals surface area contributed by atoms with Gasteiger partial charge >= 0.3 is 5.97 Å². The molecule has 2 aromatic carbocycles. The summed E-state index contributed by atoms with van der Waals surface area (Å²) in [5, 5.41) is 9.37. The van der Waals surface area contributed by atoms with E-state index in [4.69, 9.17) is 0 Å². The van der Waals surface area contributed by atoms with Crippen molar-refractivity contribution in [2.24, 2.45) is 11.8 Å². The van der Waals surface area contributed by atoms with E-state index >= 15 is 0 Å². The first-order chi connectivity index (χ1) is 13.3. The van der Waals surface area contributed by atoms with Gasteiger partial charge in [0.2, 0.25) is 0 Å². The molecular weight excluding hydrogens is 354 g/mol. The summed E-state index contributed by atoms with van der Waals surface area (Å²) in [6, 6.07) is 12.3. The van der Waals surface area contributed by atoms with Gasteiger partial charge in [-0.1, -0.05) is 37.3 Å². The monoisotopic (exact) mass is 379 g/mol. The van der Waals surface area contributed by atoms with Gasteiger partial charge < -0.3 is 10.0 Å². The molecule has 5 heteroatoms. The van der Waals surface area contributed by atoms with Crippen molar-refractivity contribution in [2.75, 3.05) is 13.1 Å². The van der Waals surface area contributed by atoms with E-state index in [0.717, 1.165) is 11.1 Å². The topological polar surface area (TPSA) is 74.7 Å². The molecular formula is C23H25NO4.